The van der Waals surface area contributed by atoms with E-state index in [1.54, 1.807) is 0 Å². The van der Waals surface area contributed by atoms with Crippen molar-refractivity contribution in [1.29, 1.82) is 10.5 Å². The van der Waals surface area contributed by atoms with Gasteiger partial charge in [0.1, 0.15) is 9.49 Å². The van der Waals surface area contributed by atoms with Gasteiger partial charge < -0.3 is 0 Å². The number of nitrogens with zero attached hydrogens (tertiary/aromatic N) is 2. The van der Waals surface area contributed by atoms with Gasteiger partial charge in [0.05, 0.1) is 12.1 Å². The first kappa shape index (κ1) is 11.7. The molecule has 0 radical (unpaired) electrons. The van der Waals surface area contributed by atoms with Crippen molar-refractivity contribution >= 4 is 21.6 Å². The largest absolute Gasteiger partial charge is 0.197 e. The Morgan fingerprint density at radius 1 is 0.833 bits per heavy atom. The topological polar surface area (TPSA) is 47.6 Å². The van der Waals surface area contributed by atoms with Crippen molar-refractivity contribution in [2.45, 2.75) is 37.2 Å². The van der Waals surface area contributed by atoms with E-state index in [1.165, 1.54) is 21.6 Å². The number of hydrogen-bond acceptors (Lipinski definition) is 4. The van der Waals surface area contributed by atoms with Crippen LogP contribution in [0.5, 0.6) is 0 Å². The number of hydrogen-bond donors (Lipinski definition) is 0. The van der Waals surface area contributed by atoms with Crippen molar-refractivity contribution in [1.82, 2.24) is 0 Å². The minimum atomic E-state index is -0.418. The standard InChI is InChI=1S/C8H12N2S2/c1-7(2,5-9)11-12-8(3,4)6-10/h1-4H3. The monoisotopic (exact) mass is 200 g/mol. The molecule has 0 aromatic rings. The molecule has 12 heavy (non-hydrogen) atoms. The van der Waals surface area contributed by atoms with Crippen LogP contribution in [0.1, 0.15) is 27.7 Å². The Kier molecular flexibility index (Phi) is 3.96. The van der Waals surface area contributed by atoms with Gasteiger partial charge in [-0.2, -0.15) is 10.5 Å². The lowest BCUT2D eigenvalue weighted by Gasteiger charge is -2.19. The highest BCUT2D eigenvalue weighted by atomic mass is 33.1. The van der Waals surface area contributed by atoms with Crippen molar-refractivity contribution < 1.29 is 0 Å². The second-order valence-corrected chi connectivity index (χ2v) is 6.79. The highest BCUT2D eigenvalue weighted by molar-refractivity contribution is 8.77. The predicted octanol–water partition coefficient (Wildman–Crippen LogP) is 2.97. The molecule has 0 aromatic carbocycles. The Labute approximate surface area is 81.7 Å². The van der Waals surface area contributed by atoms with Crippen LogP contribution in [0.3, 0.4) is 0 Å². The number of rotatable bonds is 3. The third-order valence-corrected chi connectivity index (χ3v) is 4.85. The fourth-order valence-electron chi connectivity index (χ4n) is 0.246. The smallest absolute Gasteiger partial charge is 0.107 e. The molecule has 0 amide bonds. The summed E-state index contributed by atoms with van der Waals surface area (Å²) < 4.78 is -0.836. The zero-order chi connectivity index (χ0) is 9.83. The molecular weight excluding hydrogens is 188 g/mol. The molecule has 0 rings (SSSR count). The fraction of sp³-hybridized carbons (Fsp3) is 0.750. The van der Waals surface area contributed by atoms with Crippen molar-refractivity contribution in [2.75, 3.05) is 0 Å². The van der Waals surface area contributed by atoms with Crippen LogP contribution >= 0.6 is 21.6 Å². The van der Waals surface area contributed by atoms with Crippen LogP contribution in [0.4, 0.5) is 0 Å². The molecule has 0 aromatic heterocycles. The molecule has 4 heteroatoms. The normalized spacial score (nSPS) is 11.8. The van der Waals surface area contributed by atoms with Gasteiger partial charge in [-0.1, -0.05) is 21.6 Å². The summed E-state index contributed by atoms with van der Waals surface area (Å²) in [7, 11) is 2.89. The highest BCUT2D eigenvalue weighted by Gasteiger charge is 2.25. The van der Waals surface area contributed by atoms with E-state index in [2.05, 4.69) is 12.1 Å². The van der Waals surface area contributed by atoms with Gasteiger partial charge in [-0.25, -0.2) is 0 Å². The maximum Gasteiger partial charge on any atom is 0.107 e. The summed E-state index contributed by atoms with van der Waals surface area (Å²) in [6.45, 7) is 7.38. The van der Waals surface area contributed by atoms with Gasteiger partial charge in [0, 0.05) is 0 Å². The molecule has 0 saturated heterocycles. The van der Waals surface area contributed by atoms with Gasteiger partial charge in [-0.3, -0.25) is 0 Å². The van der Waals surface area contributed by atoms with E-state index >= 15 is 0 Å². The molecule has 0 spiro atoms. The molecule has 0 aliphatic rings. The summed E-state index contributed by atoms with van der Waals surface area (Å²) >= 11 is 0. The summed E-state index contributed by atoms with van der Waals surface area (Å²) in [4.78, 5) is 0. The van der Waals surface area contributed by atoms with E-state index in [9.17, 15) is 0 Å². The molecule has 66 valence electrons. The van der Waals surface area contributed by atoms with Crippen LogP contribution in [-0.2, 0) is 0 Å². The zero-order valence-corrected chi connectivity index (χ0v) is 9.34. The van der Waals surface area contributed by atoms with E-state index in [0.29, 0.717) is 0 Å². The van der Waals surface area contributed by atoms with Crippen LogP contribution in [0.2, 0.25) is 0 Å². The molecule has 0 aliphatic heterocycles. The van der Waals surface area contributed by atoms with Crippen molar-refractivity contribution in [3.8, 4) is 12.1 Å². The maximum atomic E-state index is 8.70. The lowest BCUT2D eigenvalue weighted by atomic mass is 10.2. The lowest BCUT2D eigenvalue weighted by molar-refractivity contribution is 0.911. The summed E-state index contributed by atoms with van der Waals surface area (Å²) in [5.41, 5.74) is 0. The van der Waals surface area contributed by atoms with Crippen LogP contribution < -0.4 is 0 Å². The van der Waals surface area contributed by atoms with Crippen molar-refractivity contribution in [2.24, 2.45) is 0 Å². The Bertz CT molecular complexity index is 206. The van der Waals surface area contributed by atoms with E-state index in [1.807, 2.05) is 27.7 Å². The Morgan fingerprint density at radius 3 is 1.25 bits per heavy atom. The minimum Gasteiger partial charge on any atom is -0.197 e. The maximum absolute atomic E-state index is 8.70. The van der Waals surface area contributed by atoms with Crippen molar-refractivity contribution in [3.05, 3.63) is 0 Å². The second-order valence-electron chi connectivity index (χ2n) is 3.41. The fourth-order valence-corrected chi connectivity index (χ4v) is 2.21. The Hall–Kier alpha value is -0.320. The summed E-state index contributed by atoms with van der Waals surface area (Å²) in [5, 5.41) is 17.4. The molecule has 0 aliphatic carbocycles. The third kappa shape index (κ3) is 4.54. The van der Waals surface area contributed by atoms with Gasteiger partial charge >= 0.3 is 0 Å². The van der Waals surface area contributed by atoms with E-state index in [4.69, 9.17) is 10.5 Å². The molecule has 0 unspecified atom stereocenters. The molecule has 0 heterocycles. The second kappa shape index (κ2) is 4.07. The van der Waals surface area contributed by atoms with Gasteiger partial charge in [0.15, 0.2) is 0 Å². The lowest BCUT2D eigenvalue weighted by Crippen LogP contribution is -2.14. The third-order valence-electron chi connectivity index (χ3n) is 0.997. The summed E-state index contributed by atoms with van der Waals surface area (Å²) in [6.07, 6.45) is 0. The van der Waals surface area contributed by atoms with Crippen LogP contribution in [0, 0.1) is 22.7 Å². The van der Waals surface area contributed by atoms with Gasteiger partial charge in [0.2, 0.25) is 0 Å². The first-order valence-electron chi connectivity index (χ1n) is 3.52. The molecule has 0 bridgehead atoms. The molecule has 0 fully saturated rings. The zero-order valence-electron chi connectivity index (χ0n) is 7.71. The quantitative estimate of drug-likeness (QED) is 0.657. The van der Waals surface area contributed by atoms with Crippen LogP contribution in [-0.4, -0.2) is 9.49 Å². The molecular formula is C8H12N2S2. The highest BCUT2D eigenvalue weighted by Crippen LogP contribution is 2.42. The minimum absolute atomic E-state index is 0.418. The molecule has 2 nitrogen and oxygen atoms in total. The average molecular weight is 200 g/mol. The summed E-state index contributed by atoms with van der Waals surface area (Å²) in [6, 6.07) is 4.34. The Morgan fingerprint density at radius 2 is 1.08 bits per heavy atom. The van der Waals surface area contributed by atoms with Crippen LogP contribution in [0.15, 0.2) is 0 Å². The van der Waals surface area contributed by atoms with Crippen LogP contribution in [0.25, 0.3) is 0 Å². The Balaban J connectivity index is 4.04. The van der Waals surface area contributed by atoms with Crippen molar-refractivity contribution in [3.63, 3.8) is 0 Å². The van der Waals surface area contributed by atoms with E-state index < -0.39 is 9.49 Å². The molecule has 0 N–H and O–H groups in total. The van der Waals surface area contributed by atoms with Gasteiger partial charge in [-0.15, -0.1) is 0 Å². The average Bonchev–Trinajstić information content (AvgIpc) is 2.02. The SMILES string of the molecule is CC(C)(C#N)SSC(C)(C)C#N. The first-order valence-corrected chi connectivity index (χ1v) is 5.67. The predicted molar refractivity (Wildman–Crippen MR) is 54.6 cm³/mol. The molecule has 0 saturated carbocycles. The van der Waals surface area contributed by atoms with E-state index in [0.717, 1.165) is 0 Å². The number of nitriles is 2. The summed E-state index contributed by atoms with van der Waals surface area (Å²) in [5.74, 6) is 0. The first-order chi connectivity index (χ1) is 5.33. The van der Waals surface area contributed by atoms with Gasteiger partial charge in [-0.05, 0) is 27.7 Å². The van der Waals surface area contributed by atoms with Gasteiger partial charge in [0.25, 0.3) is 0 Å². The molecule has 0 atom stereocenters. The van der Waals surface area contributed by atoms with E-state index in [-0.39, 0.29) is 0 Å².